The highest BCUT2D eigenvalue weighted by atomic mass is 35.5. The molecule has 0 radical (unpaired) electrons. The summed E-state index contributed by atoms with van der Waals surface area (Å²) in [5, 5.41) is 7.15. The zero-order valence-corrected chi connectivity index (χ0v) is 18.1. The Kier molecular flexibility index (Phi) is 8.97. The Labute approximate surface area is 174 Å². The first-order valence-corrected chi connectivity index (χ1v) is 10.7. The number of nitrogens with one attached hydrogen (secondary N) is 2. The van der Waals surface area contributed by atoms with E-state index in [0.717, 1.165) is 12.3 Å². The molecule has 3 rings (SSSR count). The van der Waals surface area contributed by atoms with E-state index in [1.54, 1.807) is 18.9 Å². The summed E-state index contributed by atoms with van der Waals surface area (Å²) in [7, 11) is 3.83. The molecule has 1 aliphatic rings. The van der Waals surface area contributed by atoms with E-state index in [0.29, 0.717) is 12.1 Å². The highest BCUT2D eigenvalue weighted by Gasteiger charge is 2.20. The second-order valence-corrected chi connectivity index (χ2v) is 7.79. The van der Waals surface area contributed by atoms with Gasteiger partial charge < -0.3 is 15.4 Å². The summed E-state index contributed by atoms with van der Waals surface area (Å²) in [6.45, 7) is 0.854. The predicted molar refractivity (Wildman–Crippen MR) is 119 cm³/mol. The van der Waals surface area contributed by atoms with Gasteiger partial charge in [0.2, 0.25) is 0 Å². The fourth-order valence-electron chi connectivity index (χ4n) is 3.81. The van der Waals surface area contributed by atoms with Gasteiger partial charge in [0.25, 0.3) is 0 Å². The van der Waals surface area contributed by atoms with Crippen LogP contribution in [0, 0.1) is 0 Å². The minimum absolute atomic E-state index is 0. The van der Waals surface area contributed by atoms with Crippen LogP contribution in [0.15, 0.2) is 47.4 Å². The van der Waals surface area contributed by atoms with Gasteiger partial charge in [0.05, 0.1) is 7.11 Å². The summed E-state index contributed by atoms with van der Waals surface area (Å²) >= 11 is 1.79. The number of rotatable bonds is 7. The van der Waals surface area contributed by atoms with Crippen molar-refractivity contribution in [3.8, 4) is 16.9 Å². The molecule has 5 heteroatoms. The van der Waals surface area contributed by atoms with Gasteiger partial charge in [-0.1, -0.05) is 24.3 Å². The van der Waals surface area contributed by atoms with Crippen LogP contribution in [0.1, 0.15) is 31.2 Å². The Morgan fingerprint density at radius 2 is 1.74 bits per heavy atom. The van der Waals surface area contributed by atoms with E-state index in [1.165, 1.54) is 47.3 Å². The molecule has 1 aliphatic carbocycles. The van der Waals surface area contributed by atoms with Crippen LogP contribution in [0.4, 0.5) is 0 Å². The third kappa shape index (κ3) is 5.64. The summed E-state index contributed by atoms with van der Waals surface area (Å²) in [6, 6.07) is 16.4. The van der Waals surface area contributed by atoms with Gasteiger partial charge in [-0.2, -0.15) is 0 Å². The fraction of sp³-hybridized carbons (Fsp3) is 0.455. The number of ether oxygens (including phenoxy) is 1. The van der Waals surface area contributed by atoms with Crippen LogP contribution in [0.3, 0.4) is 0 Å². The molecule has 0 heterocycles. The second-order valence-electron chi connectivity index (χ2n) is 6.95. The Morgan fingerprint density at radius 1 is 1.04 bits per heavy atom. The van der Waals surface area contributed by atoms with E-state index < -0.39 is 0 Å². The van der Waals surface area contributed by atoms with Gasteiger partial charge in [0, 0.05) is 29.1 Å². The monoisotopic (exact) mass is 406 g/mol. The topological polar surface area (TPSA) is 33.3 Å². The lowest BCUT2D eigenvalue weighted by Crippen LogP contribution is -2.38. The summed E-state index contributed by atoms with van der Waals surface area (Å²) < 4.78 is 5.61. The van der Waals surface area contributed by atoms with E-state index in [9.17, 15) is 0 Å². The zero-order chi connectivity index (χ0) is 18.4. The summed E-state index contributed by atoms with van der Waals surface area (Å²) in [4.78, 5) is 1.31. The molecule has 0 saturated heterocycles. The third-order valence-electron chi connectivity index (χ3n) is 5.41. The summed E-state index contributed by atoms with van der Waals surface area (Å²) in [5.41, 5.74) is 3.78. The maximum atomic E-state index is 5.61. The molecule has 1 saturated carbocycles. The number of hydrogen-bond donors (Lipinski definition) is 2. The summed E-state index contributed by atoms with van der Waals surface area (Å²) in [5.74, 6) is 0.965. The zero-order valence-electron chi connectivity index (χ0n) is 16.5. The molecular weight excluding hydrogens is 376 g/mol. The lowest BCUT2D eigenvalue weighted by Gasteiger charge is -2.29. The minimum Gasteiger partial charge on any atom is -0.496 e. The average Bonchev–Trinajstić information content (AvgIpc) is 2.72. The van der Waals surface area contributed by atoms with Crippen molar-refractivity contribution >= 4 is 24.2 Å². The van der Waals surface area contributed by atoms with Crippen LogP contribution in [-0.4, -0.2) is 32.5 Å². The van der Waals surface area contributed by atoms with Crippen LogP contribution < -0.4 is 15.4 Å². The van der Waals surface area contributed by atoms with Crippen LogP contribution in [0.25, 0.3) is 11.1 Å². The molecule has 0 aromatic heterocycles. The highest BCUT2D eigenvalue weighted by Crippen LogP contribution is 2.33. The van der Waals surface area contributed by atoms with Crippen molar-refractivity contribution in [2.45, 2.75) is 49.2 Å². The number of benzene rings is 2. The van der Waals surface area contributed by atoms with Crippen LogP contribution in [0.5, 0.6) is 5.75 Å². The van der Waals surface area contributed by atoms with Crippen molar-refractivity contribution in [1.82, 2.24) is 10.6 Å². The molecule has 0 atom stereocenters. The molecule has 3 nitrogen and oxygen atoms in total. The lowest BCUT2D eigenvalue weighted by molar-refractivity contribution is 0.315. The van der Waals surface area contributed by atoms with Gasteiger partial charge in [-0.15, -0.1) is 24.2 Å². The Bertz CT molecular complexity index is 717. The third-order valence-corrected chi connectivity index (χ3v) is 6.21. The minimum atomic E-state index is 0. The quantitative estimate of drug-likeness (QED) is 0.625. The molecule has 2 aromatic rings. The predicted octanol–water partition coefficient (Wildman–Crippen LogP) is 5.13. The fourth-order valence-corrected chi connectivity index (χ4v) is 4.43. The molecule has 27 heavy (non-hydrogen) atoms. The van der Waals surface area contributed by atoms with Gasteiger partial charge in [-0.05, 0) is 68.3 Å². The van der Waals surface area contributed by atoms with Gasteiger partial charge in [0.1, 0.15) is 5.75 Å². The maximum Gasteiger partial charge on any atom is 0.123 e. The van der Waals surface area contributed by atoms with Crippen molar-refractivity contribution in [2.24, 2.45) is 0 Å². The van der Waals surface area contributed by atoms with Gasteiger partial charge in [-0.3, -0.25) is 0 Å². The Balaban J connectivity index is 0.00000261. The molecule has 2 aromatic carbocycles. The molecule has 0 unspecified atom stereocenters. The van der Waals surface area contributed by atoms with Crippen LogP contribution in [0.2, 0.25) is 0 Å². The van der Waals surface area contributed by atoms with E-state index >= 15 is 0 Å². The molecular formula is C22H31ClN2OS. The molecule has 1 fully saturated rings. The molecule has 0 bridgehead atoms. The number of halogens is 1. The number of methoxy groups -OCH3 is 1. The Hall–Kier alpha value is -1.20. The largest absolute Gasteiger partial charge is 0.496 e. The first-order valence-electron chi connectivity index (χ1n) is 9.46. The van der Waals surface area contributed by atoms with Crippen LogP contribution >= 0.6 is 24.2 Å². The molecule has 148 valence electrons. The lowest BCUT2D eigenvalue weighted by atomic mass is 9.91. The first kappa shape index (κ1) is 22.1. The second kappa shape index (κ2) is 11.0. The normalized spacial score (nSPS) is 19.4. The van der Waals surface area contributed by atoms with E-state index in [4.69, 9.17) is 4.74 Å². The average molecular weight is 407 g/mol. The standard InChI is InChI=1S/C22H30N2OS.ClH/c1-23-18-9-11-19(12-10-18)24-15-17-14-16(8-13-21(17)25-2)20-6-4-5-7-22(20)26-3;/h4-8,13-14,18-19,23-24H,9-12,15H2,1-3H3;1H. The van der Waals surface area contributed by atoms with Gasteiger partial charge >= 0.3 is 0 Å². The molecule has 2 N–H and O–H groups in total. The van der Waals surface area contributed by atoms with Crippen molar-refractivity contribution in [1.29, 1.82) is 0 Å². The Morgan fingerprint density at radius 3 is 2.41 bits per heavy atom. The van der Waals surface area contributed by atoms with Crippen LogP contribution in [-0.2, 0) is 6.54 Å². The summed E-state index contributed by atoms with van der Waals surface area (Å²) in [6.07, 6.45) is 7.12. The van der Waals surface area contributed by atoms with Crippen molar-refractivity contribution < 1.29 is 4.74 Å². The number of thioether (sulfide) groups is 1. The first-order chi connectivity index (χ1) is 12.7. The van der Waals surface area contributed by atoms with E-state index in [2.05, 4.69) is 66.4 Å². The van der Waals surface area contributed by atoms with Crippen molar-refractivity contribution in [3.63, 3.8) is 0 Å². The van der Waals surface area contributed by atoms with E-state index in [-0.39, 0.29) is 12.4 Å². The maximum absolute atomic E-state index is 5.61. The van der Waals surface area contributed by atoms with E-state index in [1.807, 2.05) is 0 Å². The highest BCUT2D eigenvalue weighted by molar-refractivity contribution is 7.98. The molecule has 0 spiro atoms. The number of hydrogen-bond acceptors (Lipinski definition) is 4. The van der Waals surface area contributed by atoms with Gasteiger partial charge in [0.15, 0.2) is 0 Å². The van der Waals surface area contributed by atoms with Crippen molar-refractivity contribution in [3.05, 3.63) is 48.0 Å². The molecule has 0 amide bonds. The SMILES string of the molecule is CNC1CCC(NCc2cc(-c3ccccc3SC)ccc2OC)CC1.Cl. The van der Waals surface area contributed by atoms with Crippen molar-refractivity contribution in [2.75, 3.05) is 20.4 Å². The molecule has 0 aliphatic heterocycles. The smallest absolute Gasteiger partial charge is 0.123 e. The van der Waals surface area contributed by atoms with Gasteiger partial charge in [-0.25, -0.2) is 0 Å².